The fourth-order valence-electron chi connectivity index (χ4n) is 1.43. The Labute approximate surface area is 87.8 Å². The lowest BCUT2D eigenvalue weighted by Gasteiger charge is -2.23. The average molecular weight is 208 g/mol. The largest absolute Gasteiger partial charge is 0.377 e. The molecule has 0 radical (unpaired) electrons. The summed E-state index contributed by atoms with van der Waals surface area (Å²) in [5, 5.41) is 3.35. The van der Waals surface area contributed by atoms with Gasteiger partial charge in [-0.15, -0.1) is 12.4 Å². The normalized spacial score (nSPS) is 22.8. The van der Waals surface area contributed by atoms with Crippen molar-refractivity contribution in [1.29, 1.82) is 0 Å². The second-order valence-corrected chi connectivity index (χ2v) is 4.02. The van der Waals surface area contributed by atoms with Gasteiger partial charge >= 0.3 is 0 Å². The summed E-state index contributed by atoms with van der Waals surface area (Å²) in [4.78, 5) is 0. The Morgan fingerprint density at radius 3 is 2.77 bits per heavy atom. The van der Waals surface area contributed by atoms with E-state index in [2.05, 4.69) is 19.2 Å². The van der Waals surface area contributed by atoms with Crippen LogP contribution in [0.5, 0.6) is 0 Å². The summed E-state index contributed by atoms with van der Waals surface area (Å²) in [5.41, 5.74) is 0. The van der Waals surface area contributed by atoms with Crippen molar-refractivity contribution in [3.05, 3.63) is 0 Å². The number of halogens is 1. The summed E-state index contributed by atoms with van der Waals surface area (Å²) in [6, 6.07) is 0. The predicted molar refractivity (Wildman–Crippen MR) is 58.5 cm³/mol. The lowest BCUT2D eigenvalue weighted by Crippen LogP contribution is -2.35. The van der Waals surface area contributed by atoms with Crippen LogP contribution in [0, 0.1) is 5.92 Å². The molecule has 80 valence electrons. The Kier molecular flexibility index (Phi) is 7.72. The van der Waals surface area contributed by atoms with Crippen LogP contribution in [0.2, 0.25) is 0 Å². The van der Waals surface area contributed by atoms with Crippen LogP contribution in [0.4, 0.5) is 0 Å². The van der Waals surface area contributed by atoms with Gasteiger partial charge in [-0.2, -0.15) is 0 Å². The zero-order valence-electron chi connectivity index (χ0n) is 8.71. The first kappa shape index (κ1) is 13.2. The van der Waals surface area contributed by atoms with E-state index in [1.807, 2.05) is 0 Å². The van der Waals surface area contributed by atoms with E-state index in [1.54, 1.807) is 0 Å². The summed E-state index contributed by atoms with van der Waals surface area (Å²) in [6.45, 7) is 7.64. The van der Waals surface area contributed by atoms with E-state index in [1.165, 1.54) is 25.8 Å². The minimum absolute atomic E-state index is 0. The molecule has 1 aliphatic rings. The third-order valence-electron chi connectivity index (χ3n) is 2.30. The van der Waals surface area contributed by atoms with Crippen LogP contribution < -0.4 is 5.32 Å². The highest BCUT2D eigenvalue weighted by atomic mass is 35.5. The summed E-state index contributed by atoms with van der Waals surface area (Å²) in [5.74, 6) is 0.765. The fraction of sp³-hybridized carbons (Fsp3) is 1.00. The van der Waals surface area contributed by atoms with Crippen molar-refractivity contribution in [3.63, 3.8) is 0 Å². The highest BCUT2D eigenvalue weighted by Crippen LogP contribution is 2.08. The van der Waals surface area contributed by atoms with Crippen molar-refractivity contribution in [2.75, 3.05) is 19.7 Å². The van der Waals surface area contributed by atoms with Gasteiger partial charge in [-0.25, -0.2) is 0 Å². The summed E-state index contributed by atoms with van der Waals surface area (Å²) in [6.07, 6.45) is 4.19. The molecule has 1 heterocycles. The second-order valence-electron chi connectivity index (χ2n) is 4.02. The first-order chi connectivity index (χ1) is 5.79. The molecular weight excluding hydrogens is 186 g/mol. The number of piperidine rings is 1. The van der Waals surface area contributed by atoms with E-state index in [4.69, 9.17) is 4.74 Å². The van der Waals surface area contributed by atoms with Gasteiger partial charge in [-0.3, -0.25) is 0 Å². The van der Waals surface area contributed by atoms with E-state index in [0.29, 0.717) is 6.10 Å². The van der Waals surface area contributed by atoms with Gasteiger partial charge in [0.25, 0.3) is 0 Å². The molecule has 1 fully saturated rings. The quantitative estimate of drug-likeness (QED) is 0.764. The topological polar surface area (TPSA) is 21.3 Å². The Morgan fingerprint density at radius 1 is 1.46 bits per heavy atom. The van der Waals surface area contributed by atoms with E-state index < -0.39 is 0 Å². The molecule has 1 unspecified atom stereocenters. The number of ether oxygens (including phenoxy) is 1. The highest BCUT2D eigenvalue weighted by Gasteiger charge is 2.12. The molecule has 0 aliphatic carbocycles. The molecule has 1 saturated heterocycles. The van der Waals surface area contributed by atoms with E-state index in [-0.39, 0.29) is 12.4 Å². The maximum Gasteiger partial charge on any atom is 0.0699 e. The zero-order valence-corrected chi connectivity index (χ0v) is 9.53. The van der Waals surface area contributed by atoms with Crippen molar-refractivity contribution in [3.8, 4) is 0 Å². The molecule has 0 aromatic carbocycles. The molecule has 0 amide bonds. The van der Waals surface area contributed by atoms with Crippen molar-refractivity contribution >= 4 is 12.4 Å². The number of hydrogen-bond donors (Lipinski definition) is 1. The third-order valence-corrected chi connectivity index (χ3v) is 2.30. The van der Waals surface area contributed by atoms with Gasteiger partial charge in [0.2, 0.25) is 0 Å². The maximum absolute atomic E-state index is 5.73. The van der Waals surface area contributed by atoms with Gasteiger partial charge < -0.3 is 10.1 Å². The third kappa shape index (κ3) is 6.30. The molecule has 1 N–H and O–H groups in total. The Hall–Kier alpha value is 0.210. The van der Waals surface area contributed by atoms with Crippen LogP contribution >= 0.6 is 12.4 Å². The number of rotatable bonds is 4. The highest BCUT2D eigenvalue weighted by molar-refractivity contribution is 5.85. The SMILES string of the molecule is CC(C)CCOC1CCCNC1.Cl. The number of nitrogens with one attached hydrogen (secondary N) is 1. The molecule has 13 heavy (non-hydrogen) atoms. The zero-order chi connectivity index (χ0) is 8.81. The lowest BCUT2D eigenvalue weighted by molar-refractivity contribution is 0.0312. The van der Waals surface area contributed by atoms with Crippen LogP contribution in [0.1, 0.15) is 33.1 Å². The first-order valence-corrected chi connectivity index (χ1v) is 5.11. The van der Waals surface area contributed by atoms with Crippen molar-refractivity contribution in [2.24, 2.45) is 5.92 Å². The molecular formula is C10H22ClNO. The fourth-order valence-corrected chi connectivity index (χ4v) is 1.43. The van der Waals surface area contributed by atoms with Crippen molar-refractivity contribution in [2.45, 2.75) is 39.2 Å². The van der Waals surface area contributed by atoms with Gasteiger partial charge in [0.05, 0.1) is 6.10 Å². The van der Waals surface area contributed by atoms with E-state index in [9.17, 15) is 0 Å². The molecule has 0 spiro atoms. The van der Waals surface area contributed by atoms with Crippen molar-refractivity contribution < 1.29 is 4.74 Å². The molecule has 0 saturated carbocycles. The Balaban J connectivity index is 0.00000144. The molecule has 1 atom stereocenters. The molecule has 0 bridgehead atoms. The Bertz CT molecular complexity index is 113. The van der Waals surface area contributed by atoms with Crippen LogP contribution in [0.25, 0.3) is 0 Å². The minimum atomic E-state index is 0. The van der Waals surface area contributed by atoms with Crippen LogP contribution in [0.15, 0.2) is 0 Å². The standard InChI is InChI=1S/C10H21NO.ClH/c1-9(2)5-7-12-10-4-3-6-11-8-10;/h9-11H,3-8H2,1-2H3;1H. The van der Waals surface area contributed by atoms with Gasteiger partial charge in [0, 0.05) is 13.2 Å². The second kappa shape index (κ2) is 7.60. The van der Waals surface area contributed by atoms with Crippen LogP contribution in [0.3, 0.4) is 0 Å². The minimum Gasteiger partial charge on any atom is -0.377 e. The molecule has 2 nitrogen and oxygen atoms in total. The van der Waals surface area contributed by atoms with Gasteiger partial charge in [0.1, 0.15) is 0 Å². The van der Waals surface area contributed by atoms with Gasteiger partial charge in [-0.05, 0) is 31.7 Å². The lowest BCUT2D eigenvalue weighted by atomic mass is 10.1. The van der Waals surface area contributed by atoms with Gasteiger partial charge in [0.15, 0.2) is 0 Å². The van der Waals surface area contributed by atoms with E-state index in [0.717, 1.165) is 19.1 Å². The molecule has 1 rings (SSSR count). The summed E-state index contributed by atoms with van der Waals surface area (Å²) < 4.78 is 5.73. The monoisotopic (exact) mass is 207 g/mol. The molecule has 3 heteroatoms. The van der Waals surface area contributed by atoms with Crippen LogP contribution in [-0.2, 0) is 4.74 Å². The predicted octanol–water partition coefficient (Wildman–Crippen LogP) is 2.22. The first-order valence-electron chi connectivity index (χ1n) is 5.11. The number of hydrogen-bond acceptors (Lipinski definition) is 2. The van der Waals surface area contributed by atoms with Gasteiger partial charge in [-0.1, -0.05) is 13.8 Å². The molecule has 1 aliphatic heterocycles. The maximum atomic E-state index is 5.73. The molecule has 0 aromatic heterocycles. The smallest absolute Gasteiger partial charge is 0.0699 e. The summed E-state index contributed by atoms with van der Waals surface area (Å²) in [7, 11) is 0. The Morgan fingerprint density at radius 2 is 2.23 bits per heavy atom. The van der Waals surface area contributed by atoms with E-state index >= 15 is 0 Å². The average Bonchev–Trinajstić information content (AvgIpc) is 2.05. The van der Waals surface area contributed by atoms with Crippen LogP contribution in [-0.4, -0.2) is 25.8 Å². The summed E-state index contributed by atoms with van der Waals surface area (Å²) >= 11 is 0. The molecule has 0 aromatic rings. The van der Waals surface area contributed by atoms with Crippen molar-refractivity contribution in [1.82, 2.24) is 5.32 Å².